The van der Waals surface area contributed by atoms with E-state index in [1.54, 1.807) is 33.8 Å². The van der Waals surface area contributed by atoms with E-state index in [1.807, 2.05) is 0 Å². The molecule has 94 valence electrons. The van der Waals surface area contributed by atoms with Crippen LogP contribution in [0.4, 0.5) is 0 Å². The van der Waals surface area contributed by atoms with Crippen LogP contribution in [-0.2, 0) is 9.53 Å². The first-order valence-corrected chi connectivity index (χ1v) is 5.37. The third-order valence-corrected chi connectivity index (χ3v) is 1.85. The average Bonchev–Trinajstić information content (AvgIpc) is 2.67. The zero-order valence-electron chi connectivity index (χ0n) is 10.4. The smallest absolute Gasteiger partial charge is 0.328 e. The lowest BCUT2D eigenvalue weighted by Crippen LogP contribution is -2.42. The number of hydrogen-bond donors (Lipinski definition) is 1. The topological polar surface area (TPSA) is 68.5 Å². The Hall–Kier alpha value is -1.78. The van der Waals surface area contributed by atoms with Crippen molar-refractivity contribution in [3.05, 3.63) is 24.2 Å². The highest BCUT2D eigenvalue weighted by atomic mass is 16.6. The zero-order chi connectivity index (χ0) is 13.1. The molecular weight excluding hydrogens is 222 g/mol. The third-order valence-electron chi connectivity index (χ3n) is 1.85. The molecule has 17 heavy (non-hydrogen) atoms. The van der Waals surface area contributed by atoms with Crippen LogP contribution in [0.3, 0.4) is 0 Å². The lowest BCUT2D eigenvalue weighted by atomic mass is 10.2. The maximum Gasteiger partial charge on any atom is 0.328 e. The molecule has 0 saturated heterocycles. The van der Waals surface area contributed by atoms with Gasteiger partial charge in [0.2, 0.25) is 0 Å². The van der Waals surface area contributed by atoms with Crippen molar-refractivity contribution in [2.45, 2.75) is 39.3 Å². The van der Waals surface area contributed by atoms with Crippen molar-refractivity contribution < 1.29 is 18.7 Å². The molecular formula is C12H17NO4. The minimum atomic E-state index is -0.716. The molecule has 0 aromatic carbocycles. The Morgan fingerprint density at radius 2 is 2.06 bits per heavy atom. The minimum Gasteiger partial charge on any atom is -0.459 e. The largest absolute Gasteiger partial charge is 0.459 e. The van der Waals surface area contributed by atoms with Gasteiger partial charge in [-0.1, -0.05) is 0 Å². The summed E-state index contributed by atoms with van der Waals surface area (Å²) < 4.78 is 10.0. The quantitative estimate of drug-likeness (QED) is 0.816. The van der Waals surface area contributed by atoms with Gasteiger partial charge < -0.3 is 14.5 Å². The highest BCUT2D eigenvalue weighted by Gasteiger charge is 2.23. The van der Waals surface area contributed by atoms with Crippen molar-refractivity contribution in [1.82, 2.24) is 5.32 Å². The van der Waals surface area contributed by atoms with E-state index in [1.165, 1.54) is 12.3 Å². The van der Waals surface area contributed by atoms with Crippen LogP contribution in [0.5, 0.6) is 0 Å². The number of nitrogens with one attached hydrogen (secondary N) is 1. The van der Waals surface area contributed by atoms with Gasteiger partial charge in [0.1, 0.15) is 11.6 Å². The van der Waals surface area contributed by atoms with Gasteiger partial charge in [0.15, 0.2) is 5.76 Å². The SMILES string of the molecule is C[C@H](NC(=O)c1ccco1)C(=O)OC(C)(C)C. The summed E-state index contributed by atoms with van der Waals surface area (Å²) in [5.41, 5.74) is -0.569. The number of rotatable bonds is 3. The summed E-state index contributed by atoms with van der Waals surface area (Å²) in [6.45, 7) is 6.87. The van der Waals surface area contributed by atoms with Gasteiger partial charge in [0.25, 0.3) is 5.91 Å². The first kappa shape index (κ1) is 13.3. The highest BCUT2D eigenvalue weighted by Crippen LogP contribution is 2.08. The van der Waals surface area contributed by atoms with E-state index >= 15 is 0 Å². The molecule has 1 rings (SSSR count). The van der Waals surface area contributed by atoms with Crippen LogP contribution < -0.4 is 5.32 Å². The second kappa shape index (κ2) is 5.03. The predicted octanol–water partition coefficient (Wildman–Crippen LogP) is 1.74. The number of amides is 1. The molecule has 1 aromatic rings. The second-order valence-corrected chi connectivity index (χ2v) is 4.71. The molecule has 0 fully saturated rings. The standard InChI is InChI=1S/C12H17NO4/c1-8(11(15)17-12(2,3)4)13-10(14)9-6-5-7-16-9/h5-8H,1-4H3,(H,13,14)/t8-/m0/s1. The van der Waals surface area contributed by atoms with Crippen LogP contribution >= 0.6 is 0 Å². The summed E-state index contributed by atoms with van der Waals surface area (Å²) >= 11 is 0. The van der Waals surface area contributed by atoms with E-state index in [0.717, 1.165) is 0 Å². The van der Waals surface area contributed by atoms with Gasteiger partial charge in [-0.05, 0) is 39.8 Å². The van der Waals surface area contributed by atoms with Crippen LogP contribution in [0.15, 0.2) is 22.8 Å². The minimum absolute atomic E-state index is 0.167. The molecule has 0 spiro atoms. The maximum atomic E-state index is 11.6. The molecule has 0 unspecified atom stereocenters. The normalized spacial score (nSPS) is 12.9. The van der Waals surface area contributed by atoms with E-state index in [4.69, 9.17) is 9.15 Å². The van der Waals surface area contributed by atoms with Crippen molar-refractivity contribution >= 4 is 11.9 Å². The molecule has 1 aromatic heterocycles. The Morgan fingerprint density at radius 3 is 2.53 bits per heavy atom. The highest BCUT2D eigenvalue weighted by molar-refractivity contribution is 5.94. The Labute approximate surface area is 100 Å². The first-order chi connectivity index (χ1) is 7.79. The second-order valence-electron chi connectivity index (χ2n) is 4.71. The molecule has 0 aliphatic carbocycles. The Bertz CT molecular complexity index is 389. The number of carbonyl (C=O) groups is 2. The summed E-state index contributed by atoms with van der Waals surface area (Å²) in [7, 11) is 0. The summed E-state index contributed by atoms with van der Waals surface area (Å²) in [5.74, 6) is -0.744. The van der Waals surface area contributed by atoms with Crippen molar-refractivity contribution in [1.29, 1.82) is 0 Å². The summed E-state index contributed by atoms with van der Waals surface area (Å²) in [6.07, 6.45) is 1.40. The summed E-state index contributed by atoms with van der Waals surface area (Å²) in [6, 6.07) is 2.41. The summed E-state index contributed by atoms with van der Waals surface area (Å²) in [4.78, 5) is 23.2. The zero-order valence-corrected chi connectivity index (χ0v) is 10.4. The molecule has 0 aliphatic rings. The number of esters is 1. The molecule has 0 saturated carbocycles. The lowest BCUT2D eigenvalue weighted by molar-refractivity contribution is -0.156. The van der Waals surface area contributed by atoms with Gasteiger partial charge in [-0.15, -0.1) is 0 Å². The van der Waals surface area contributed by atoms with Crippen molar-refractivity contribution in [2.24, 2.45) is 0 Å². The van der Waals surface area contributed by atoms with Crippen molar-refractivity contribution in [2.75, 3.05) is 0 Å². The number of furan rings is 1. The van der Waals surface area contributed by atoms with Crippen LogP contribution in [0.1, 0.15) is 38.2 Å². The van der Waals surface area contributed by atoms with Crippen molar-refractivity contribution in [3.63, 3.8) is 0 Å². The van der Waals surface area contributed by atoms with Crippen LogP contribution in [-0.4, -0.2) is 23.5 Å². The van der Waals surface area contributed by atoms with E-state index in [9.17, 15) is 9.59 Å². The van der Waals surface area contributed by atoms with Gasteiger partial charge in [-0.2, -0.15) is 0 Å². The van der Waals surface area contributed by atoms with Crippen LogP contribution in [0.2, 0.25) is 0 Å². The first-order valence-electron chi connectivity index (χ1n) is 5.37. The predicted molar refractivity (Wildman–Crippen MR) is 61.5 cm³/mol. The maximum absolute atomic E-state index is 11.6. The Balaban J connectivity index is 2.52. The molecule has 1 N–H and O–H groups in total. The van der Waals surface area contributed by atoms with E-state index < -0.39 is 23.5 Å². The fourth-order valence-electron chi connectivity index (χ4n) is 1.12. The van der Waals surface area contributed by atoms with E-state index in [2.05, 4.69) is 5.32 Å². The Kier molecular flexibility index (Phi) is 3.93. The number of hydrogen-bond acceptors (Lipinski definition) is 4. The van der Waals surface area contributed by atoms with Gasteiger partial charge >= 0.3 is 5.97 Å². The molecule has 5 nitrogen and oxygen atoms in total. The fourth-order valence-corrected chi connectivity index (χ4v) is 1.12. The van der Waals surface area contributed by atoms with E-state index in [-0.39, 0.29) is 5.76 Å². The molecule has 1 heterocycles. The van der Waals surface area contributed by atoms with Gasteiger partial charge in [-0.3, -0.25) is 4.79 Å². The molecule has 1 atom stereocenters. The monoisotopic (exact) mass is 239 g/mol. The molecule has 0 aliphatic heterocycles. The van der Waals surface area contributed by atoms with Gasteiger partial charge in [-0.25, -0.2) is 4.79 Å². The number of carbonyl (C=O) groups excluding carboxylic acids is 2. The number of ether oxygens (including phenoxy) is 1. The molecule has 1 amide bonds. The van der Waals surface area contributed by atoms with Gasteiger partial charge in [0.05, 0.1) is 6.26 Å². The van der Waals surface area contributed by atoms with Crippen molar-refractivity contribution in [3.8, 4) is 0 Å². The summed E-state index contributed by atoms with van der Waals surface area (Å²) in [5, 5.41) is 2.50. The Morgan fingerprint density at radius 1 is 1.41 bits per heavy atom. The molecule has 0 bridgehead atoms. The molecule has 0 radical (unpaired) electrons. The van der Waals surface area contributed by atoms with Crippen LogP contribution in [0.25, 0.3) is 0 Å². The van der Waals surface area contributed by atoms with Crippen LogP contribution in [0, 0.1) is 0 Å². The third kappa shape index (κ3) is 4.30. The lowest BCUT2D eigenvalue weighted by Gasteiger charge is -2.22. The van der Waals surface area contributed by atoms with E-state index in [0.29, 0.717) is 0 Å². The average molecular weight is 239 g/mol. The van der Waals surface area contributed by atoms with Gasteiger partial charge in [0, 0.05) is 0 Å². The fraction of sp³-hybridized carbons (Fsp3) is 0.500. The molecule has 5 heteroatoms.